The molecule has 0 aliphatic rings. The Balaban J connectivity index is 2.80. The van der Waals surface area contributed by atoms with Gasteiger partial charge < -0.3 is 24.4 Å². The highest BCUT2D eigenvalue weighted by molar-refractivity contribution is 5.66. The predicted octanol–water partition coefficient (Wildman–Crippen LogP) is 0.497. The second kappa shape index (κ2) is 8.43. The van der Waals surface area contributed by atoms with Crippen LogP contribution in [0.15, 0.2) is 17.1 Å². The van der Waals surface area contributed by atoms with Gasteiger partial charge in [0.15, 0.2) is 5.75 Å². The van der Waals surface area contributed by atoms with Gasteiger partial charge in [-0.1, -0.05) is 0 Å². The van der Waals surface area contributed by atoms with Crippen LogP contribution in [0.5, 0.6) is 5.75 Å². The number of aliphatic carboxylic acids is 1. The molecule has 0 atom stereocenters. The maximum Gasteiger partial charge on any atom is 0.304 e. The molecule has 0 saturated carbocycles. The Hall–Kier alpha value is -1.86. The van der Waals surface area contributed by atoms with Crippen molar-refractivity contribution in [2.75, 3.05) is 27.3 Å². The Morgan fingerprint density at radius 2 is 2.19 bits per heavy atom. The normalized spacial score (nSPS) is 11.0. The Morgan fingerprint density at radius 1 is 1.48 bits per heavy atom. The first-order chi connectivity index (χ1) is 9.93. The van der Waals surface area contributed by atoms with Crippen LogP contribution in [0.2, 0.25) is 0 Å². The standard InChI is InChI=1S/C14H22N2O5/c1-15(6-4-14(19)20)9-11-8-12(17)13(18)10-16(11)5-3-7-21-2/h8,10,18H,3-7,9H2,1-2H3,(H,19,20). The van der Waals surface area contributed by atoms with Crippen LogP contribution >= 0.6 is 0 Å². The van der Waals surface area contributed by atoms with Crippen LogP contribution in [-0.4, -0.2) is 53.0 Å². The zero-order valence-electron chi connectivity index (χ0n) is 12.4. The molecular formula is C14H22N2O5. The summed E-state index contributed by atoms with van der Waals surface area (Å²) in [6.45, 7) is 2.03. The first kappa shape index (κ1) is 17.2. The number of hydrogen-bond donors (Lipinski definition) is 2. The average Bonchev–Trinajstić information content (AvgIpc) is 2.42. The quantitative estimate of drug-likeness (QED) is 0.645. The first-order valence-electron chi connectivity index (χ1n) is 6.75. The monoisotopic (exact) mass is 298 g/mol. The van der Waals surface area contributed by atoms with Gasteiger partial charge in [0.2, 0.25) is 5.43 Å². The predicted molar refractivity (Wildman–Crippen MR) is 77.4 cm³/mol. The zero-order valence-corrected chi connectivity index (χ0v) is 12.4. The van der Waals surface area contributed by atoms with Crippen molar-refractivity contribution >= 4 is 5.97 Å². The van der Waals surface area contributed by atoms with Crippen LogP contribution in [0.25, 0.3) is 0 Å². The Labute approximate surface area is 123 Å². The highest BCUT2D eigenvalue weighted by Crippen LogP contribution is 2.09. The lowest BCUT2D eigenvalue weighted by molar-refractivity contribution is -0.137. The molecule has 1 aromatic heterocycles. The van der Waals surface area contributed by atoms with Crippen LogP contribution in [-0.2, 0) is 22.6 Å². The van der Waals surface area contributed by atoms with Crippen molar-refractivity contribution in [3.63, 3.8) is 0 Å². The van der Waals surface area contributed by atoms with E-state index in [1.54, 1.807) is 18.7 Å². The number of pyridine rings is 1. The van der Waals surface area contributed by atoms with Crippen molar-refractivity contribution in [2.45, 2.75) is 25.9 Å². The van der Waals surface area contributed by atoms with Crippen LogP contribution in [0.4, 0.5) is 0 Å². The fourth-order valence-electron chi connectivity index (χ4n) is 1.97. The highest BCUT2D eigenvalue weighted by atomic mass is 16.5. The Morgan fingerprint density at radius 3 is 2.81 bits per heavy atom. The molecule has 0 aliphatic carbocycles. The fourth-order valence-corrected chi connectivity index (χ4v) is 1.97. The summed E-state index contributed by atoms with van der Waals surface area (Å²) in [5.74, 6) is -1.14. The molecule has 0 amide bonds. The molecule has 2 N–H and O–H groups in total. The number of nitrogens with zero attached hydrogens (tertiary/aromatic N) is 2. The molecular weight excluding hydrogens is 276 g/mol. The molecule has 0 bridgehead atoms. The van der Waals surface area contributed by atoms with E-state index in [4.69, 9.17) is 9.84 Å². The molecule has 0 radical (unpaired) electrons. The topological polar surface area (TPSA) is 92.0 Å². The molecule has 21 heavy (non-hydrogen) atoms. The molecule has 0 saturated heterocycles. The minimum Gasteiger partial charge on any atom is -0.503 e. The second-order valence-electron chi connectivity index (χ2n) is 4.94. The van der Waals surface area contributed by atoms with E-state index in [2.05, 4.69) is 0 Å². The molecule has 118 valence electrons. The van der Waals surface area contributed by atoms with Crippen molar-refractivity contribution in [3.05, 3.63) is 28.2 Å². The molecule has 0 unspecified atom stereocenters. The number of ether oxygens (including phenoxy) is 1. The number of carboxylic acids is 1. The van der Waals surface area contributed by atoms with Crippen LogP contribution in [0.3, 0.4) is 0 Å². The number of rotatable bonds is 9. The molecule has 0 spiro atoms. The van der Waals surface area contributed by atoms with Crippen molar-refractivity contribution in [3.8, 4) is 5.75 Å². The number of hydrogen-bond acceptors (Lipinski definition) is 5. The van der Waals surface area contributed by atoms with E-state index in [1.807, 2.05) is 4.90 Å². The SMILES string of the molecule is COCCCn1cc(O)c(=O)cc1CN(C)CCC(=O)O. The number of methoxy groups -OCH3 is 1. The van der Waals surface area contributed by atoms with E-state index in [0.717, 1.165) is 12.1 Å². The lowest BCUT2D eigenvalue weighted by Crippen LogP contribution is -2.25. The van der Waals surface area contributed by atoms with E-state index in [0.29, 0.717) is 26.2 Å². The highest BCUT2D eigenvalue weighted by Gasteiger charge is 2.09. The van der Waals surface area contributed by atoms with Gasteiger partial charge in [0.25, 0.3) is 0 Å². The number of aromatic nitrogens is 1. The van der Waals surface area contributed by atoms with Gasteiger partial charge in [-0.2, -0.15) is 0 Å². The van der Waals surface area contributed by atoms with E-state index in [-0.39, 0.29) is 12.2 Å². The Kier molecular flexibility index (Phi) is 6.90. The Bertz CT molecular complexity index is 527. The second-order valence-corrected chi connectivity index (χ2v) is 4.94. The molecule has 0 fully saturated rings. The summed E-state index contributed by atoms with van der Waals surface area (Å²) >= 11 is 0. The molecule has 1 heterocycles. The summed E-state index contributed by atoms with van der Waals surface area (Å²) in [5.41, 5.74) is 0.307. The minimum atomic E-state index is -0.856. The average molecular weight is 298 g/mol. The number of aryl methyl sites for hydroxylation is 1. The first-order valence-corrected chi connectivity index (χ1v) is 6.75. The number of carboxylic acid groups (broad SMARTS) is 1. The summed E-state index contributed by atoms with van der Waals surface area (Å²) in [4.78, 5) is 24.0. The van der Waals surface area contributed by atoms with Gasteiger partial charge in [-0.25, -0.2) is 0 Å². The zero-order chi connectivity index (χ0) is 15.8. The molecule has 7 nitrogen and oxygen atoms in total. The van der Waals surface area contributed by atoms with Crippen molar-refractivity contribution in [2.24, 2.45) is 0 Å². The lowest BCUT2D eigenvalue weighted by atomic mass is 10.2. The van der Waals surface area contributed by atoms with Gasteiger partial charge in [-0.05, 0) is 13.5 Å². The fraction of sp³-hybridized carbons (Fsp3) is 0.571. The van der Waals surface area contributed by atoms with Crippen LogP contribution in [0.1, 0.15) is 18.5 Å². The summed E-state index contributed by atoms with van der Waals surface area (Å²) in [6, 6.07) is 1.39. The number of aromatic hydroxyl groups is 1. The van der Waals surface area contributed by atoms with E-state index in [9.17, 15) is 14.7 Å². The van der Waals surface area contributed by atoms with Crippen LogP contribution in [0, 0.1) is 0 Å². The molecule has 1 aromatic rings. The van der Waals surface area contributed by atoms with Crippen LogP contribution < -0.4 is 5.43 Å². The van der Waals surface area contributed by atoms with E-state index in [1.165, 1.54) is 12.3 Å². The molecule has 1 rings (SSSR count). The van der Waals surface area contributed by atoms with Gasteiger partial charge in [-0.3, -0.25) is 9.59 Å². The molecule has 7 heteroatoms. The number of carbonyl (C=O) groups is 1. The lowest BCUT2D eigenvalue weighted by Gasteiger charge is -2.19. The third-order valence-electron chi connectivity index (χ3n) is 3.08. The third-order valence-corrected chi connectivity index (χ3v) is 3.08. The van der Waals surface area contributed by atoms with Crippen molar-refractivity contribution in [1.82, 2.24) is 9.47 Å². The third kappa shape index (κ3) is 5.97. The van der Waals surface area contributed by atoms with E-state index >= 15 is 0 Å². The molecule has 0 aromatic carbocycles. The van der Waals surface area contributed by atoms with E-state index < -0.39 is 11.4 Å². The smallest absolute Gasteiger partial charge is 0.304 e. The summed E-state index contributed by atoms with van der Waals surface area (Å²) in [6.07, 6.45) is 2.21. The molecule has 0 aliphatic heterocycles. The maximum absolute atomic E-state index is 11.6. The largest absolute Gasteiger partial charge is 0.503 e. The van der Waals surface area contributed by atoms with Gasteiger partial charge in [0.05, 0.1) is 12.6 Å². The minimum absolute atomic E-state index is 0.0441. The maximum atomic E-state index is 11.6. The van der Waals surface area contributed by atoms with Gasteiger partial charge in [-0.15, -0.1) is 0 Å². The van der Waals surface area contributed by atoms with Crippen molar-refractivity contribution < 1.29 is 19.7 Å². The van der Waals surface area contributed by atoms with Crippen molar-refractivity contribution in [1.29, 1.82) is 0 Å². The summed E-state index contributed by atoms with van der Waals surface area (Å²) in [7, 11) is 3.41. The summed E-state index contributed by atoms with van der Waals surface area (Å²) < 4.78 is 6.79. The van der Waals surface area contributed by atoms with Gasteiger partial charge >= 0.3 is 5.97 Å². The van der Waals surface area contributed by atoms with Gasteiger partial charge in [0.1, 0.15) is 0 Å². The van der Waals surface area contributed by atoms with Gasteiger partial charge in [0, 0.05) is 45.1 Å². The summed E-state index contributed by atoms with van der Waals surface area (Å²) in [5, 5.41) is 18.2.